The van der Waals surface area contributed by atoms with Crippen molar-refractivity contribution in [1.82, 2.24) is 0 Å². The Balaban J connectivity index is 3.79. The smallest absolute Gasteiger partial charge is 0.164 e. The molecule has 0 rings (SSSR count). The lowest BCUT2D eigenvalue weighted by Crippen LogP contribution is -2.35. The summed E-state index contributed by atoms with van der Waals surface area (Å²) in [7, 11) is 0. The van der Waals surface area contributed by atoms with Crippen LogP contribution in [0.4, 0.5) is 0 Å². The van der Waals surface area contributed by atoms with E-state index in [1.165, 1.54) is 25.7 Å². The summed E-state index contributed by atoms with van der Waals surface area (Å²) in [6.45, 7) is 11.4. The first-order valence-electron chi connectivity index (χ1n) is 11.2. The van der Waals surface area contributed by atoms with Crippen LogP contribution in [0.25, 0.3) is 0 Å². The highest BCUT2D eigenvalue weighted by Gasteiger charge is 2.28. The molecule has 0 aromatic rings. The number of carbonyl (C=O) groups excluding carboxylic acids is 2. The summed E-state index contributed by atoms with van der Waals surface area (Å²) in [5, 5.41) is 9.90. The second-order valence-electron chi connectivity index (χ2n) is 8.59. The van der Waals surface area contributed by atoms with Crippen LogP contribution in [0.1, 0.15) is 111 Å². The van der Waals surface area contributed by atoms with Crippen LogP contribution in [-0.4, -0.2) is 34.5 Å². The molecular weight excluding hydrogens is 352 g/mol. The summed E-state index contributed by atoms with van der Waals surface area (Å²) in [6, 6.07) is 0. The minimum Gasteiger partial charge on any atom is -0.382 e. The highest BCUT2D eigenvalue weighted by atomic mass is 16.5. The molecule has 0 saturated carbocycles. The number of carbonyl (C=O) groups is 2. The van der Waals surface area contributed by atoms with Crippen molar-refractivity contribution in [3.8, 4) is 0 Å². The zero-order valence-corrected chi connectivity index (χ0v) is 18.9. The zero-order chi connectivity index (χ0) is 21.5. The molecule has 0 aromatic carbocycles. The van der Waals surface area contributed by atoms with Crippen molar-refractivity contribution in [2.24, 2.45) is 0 Å². The molecule has 0 amide bonds. The van der Waals surface area contributed by atoms with Gasteiger partial charge in [0, 0.05) is 19.4 Å². The predicted octanol–water partition coefficient (Wildman–Crippen LogP) is 5.95. The molecule has 0 aliphatic heterocycles. The molecule has 0 bridgehead atoms. The Labute approximate surface area is 173 Å². The highest BCUT2D eigenvalue weighted by molar-refractivity contribution is 5.86. The maximum Gasteiger partial charge on any atom is 0.164 e. The van der Waals surface area contributed by atoms with Gasteiger partial charge in [-0.05, 0) is 59.3 Å². The lowest BCUT2D eigenvalue weighted by molar-refractivity contribution is -0.140. The molecule has 28 heavy (non-hydrogen) atoms. The van der Waals surface area contributed by atoms with Gasteiger partial charge in [0.25, 0.3) is 0 Å². The van der Waals surface area contributed by atoms with E-state index < -0.39 is 11.2 Å². The van der Waals surface area contributed by atoms with Gasteiger partial charge in [0.1, 0.15) is 11.2 Å². The number of unbranched alkanes of at least 4 members (excludes halogenated alkanes) is 8. The molecule has 1 N–H and O–H groups in total. The van der Waals surface area contributed by atoms with Gasteiger partial charge < -0.3 is 9.84 Å². The second kappa shape index (κ2) is 14.9. The predicted molar refractivity (Wildman–Crippen MR) is 117 cm³/mol. The zero-order valence-electron chi connectivity index (χ0n) is 18.9. The van der Waals surface area contributed by atoms with Gasteiger partial charge in [0.2, 0.25) is 0 Å². The van der Waals surface area contributed by atoms with Gasteiger partial charge in [0.15, 0.2) is 11.6 Å². The molecule has 0 heterocycles. The molecule has 0 saturated heterocycles. The molecule has 0 aliphatic rings. The summed E-state index contributed by atoms with van der Waals surface area (Å²) < 4.78 is 5.82. The molecule has 1 atom stereocenters. The number of hydrogen-bond acceptors (Lipinski definition) is 4. The summed E-state index contributed by atoms with van der Waals surface area (Å²) >= 11 is 0. The molecule has 4 heteroatoms. The van der Waals surface area contributed by atoms with Gasteiger partial charge in [-0.3, -0.25) is 9.59 Å². The van der Waals surface area contributed by atoms with Crippen LogP contribution in [0.3, 0.4) is 0 Å². The number of ether oxygens (including phenoxy) is 1. The maximum atomic E-state index is 12.4. The van der Waals surface area contributed by atoms with Crippen LogP contribution >= 0.6 is 0 Å². The fourth-order valence-electron chi connectivity index (χ4n) is 3.02. The van der Waals surface area contributed by atoms with E-state index in [0.717, 1.165) is 38.5 Å². The topological polar surface area (TPSA) is 63.6 Å². The lowest BCUT2D eigenvalue weighted by Gasteiger charge is -2.24. The monoisotopic (exact) mass is 396 g/mol. The fraction of sp³-hybridized carbons (Fsp3) is 0.833. The highest BCUT2D eigenvalue weighted by Crippen LogP contribution is 2.18. The van der Waals surface area contributed by atoms with Crippen molar-refractivity contribution in [3.63, 3.8) is 0 Å². The molecule has 4 nitrogen and oxygen atoms in total. The molecule has 1 unspecified atom stereocenters. The average Bonchev–Trinajstić information content (AvgIpc) is 2.66. The van der Waals surface area contributed by atoms with E-state index in [0.29, 0.717) is 25.9 Å². The van der Waals surface area contributed by atoms with Crippen LogP contribution in [0.2, 0.25) is 0 Å². The first-order chi connectivity index (χ1) is 13.2. The largest absolute Gasteiger partial charge is 0.382 e. The number of ketones is 2. The van der Waals surface area contributed by atoms with E-state index in [1.807, 2.05) is 26.8 Å². The molecule has 0 radical (unpaired) electrons. The van der Waals surface area contributed by atoms with Crippen molar-refractivity contribution >= 4 is 11.6 Å². The lowest BCUT2D eigenvalue weighted by atomic mass is 9.94. The Bertz CT molecular complexity index is 452. The van der Waals surface area contributed by atoms with Crippen LogP contribution in [0.15, 0.2) is 12.7 Å². The van der Waals surface area contributed by atoms with Crippen LogP contribution in [-0.2, 0) is 14.3 Å². The van der Waals surface area contributed by atoms with Crippen molar-refractivity contribution in [3.05, 3.63) is 12.7 Å². The number of Topliss-reactive ketones (excluding diaryl/α,β-unsaturated/α-hetero) is 2. The molecule has 0 aromatic heterocycles. The van der Waals surface area contributed by atoms with Gasteiger partial charge >= 0.3 is 0 Å². The first kappa shape index (κ1) is 27.0. The van der Waals surface area contributed by atoms with E-state index in [4.69, 9.17) is 4.74 Å². The second-order valence-corrected chi connectivity index (χ2v) is 8.59. The maximum absolute atomic E-state index is 12.4. The standard InChI is InChI=1S/C24H44O4/c1-6-8-9-10-11-12-13-15-18-21(25)23(3,4)28-20-17-14-16-19-22(26)24(5,27)7-2/h6,27H,1,7-20H2,2-5H3. The third-order valence-electron chi connectivity index (χ3n) is 5.53. The van der Waals surface area contributed by atoms with Gasteiger partial charge in [-0.1, -0.05) is 45.1 Å². The van der Waals surface area contributed by atoms with Gasteiger partial charge in [-0.2, -0.15) is 0 Å². The molecular formula is C24H44O4. The van der Waals surface area contributed by atoms with E-state index >= 15 is 0 Å². The number of hydrogen-bond donors (Lipinski definition) is 1. The van der Waals surface area contributed by atoms with E-state index in [2.05, 4.69) is 6.58 Å². The molecule has 0 aliphatic carbocycles. The van der Waals surface area contributed by atoms with E-state index in [9.17, 15) is 14.7 Å². The average molecular weight is 397 g/mol. The SMILES string of the molecule is C=CCCCCCCCCC(=O)C(C)(C)OCCCCCC(=O)C(C)(O)CC. The van der Waals surface area contributed by atoms with E-state index in [1.54, 1.807) is 6.92 Å². The molecule has 0 fully saturated rings. The summed E-state index contributed by atoms with van der Waals surface area (Å²) in [5.74, 6) is 0.0838. The first-order valence-corrected chi connectivity index (χ1v) is 11.2. The Morgan fingerprint density at radius 2 is 1.36 bits per heavy atom. The van der Waals surface area contributed by atoms with Gasteiger partial charge in [-0.25, -0.2) is 0 Å². The minimum atomic E-state index is -1.20. The van der Waals surface area contributed by atoms with Crippen LogP contribution in [0, 0.1) is 0 Å². The number of rotatable bonds is 19. The Morgan fingerprint density at radius 3 is 1.93 bits per heavy atom. The fourth-order valence-corrected chi connectivity index (χ4v) is 3.02. The summed E-state index contributed by atoms with van der Waals surface area (Å²) in [6.07, 6.45) is 13.9. The number of aliphatic hydroxyl groups is 1. The third kappa shape index (κ3) is 12.5. The normalized spacial score (nSPS) is 13.9. The van der Waals surface area contributed by atoms with Crippen LogP contribution in [0.5, 0.6) is 0 Å². The number of allylic oxidation sites excluding steroid dienone is 1. The quantitative estimate of drug-likeness (QED) is 0.216. The summed E-state index contributed by atoms with van der Waals surface area (Å²) in [5.41, 5.74) is -1.93. The van der Waals surface area contributed by atoms with Crippen molar-refractivity contribution < 1.29 is 19.4 Å². The van der Waals surface area contributed by atoms with Crippen molar-refractivity contribution in [2.75, 3.05) is 6.61 Å². The van der Waals surface area contributed by atoms with Crippen molar-refractivity contribution in [1.29, 1.82) is 0 Å². The van der Waals surface area contributed by atoms with Crippen molar-refractivity contribution in [2.45, 2.75) is 122 Å². The van der Waals surface area contributed by atoms with Gasteiger partial charge in [0.05, 0.1) is 0 Å². The van der Waals surface area contributed by atoms with E-state index in [-0.39, 0.29) is 11.6 Å². The van der Waals surface area contributed by atoms with Gasteiger partial charge in [-0.15, -0.1) is 6.58 Å². The molecule has 164 valence electrons. The Kier molecular flexibility index (Phi) is 14.4. The summed E-state index contributed by atoms with van der Waals surface area (Å²) in [4.78, 5) is 24.2. The Morgan fingerprint density at radius 1 is 0.857 bits per heavy atom. The Hall–Kier alpha value is -1.00. The third-order valence-corrected chi connectivity index (χ3v) is 5.53. The molecule has 0 spiro atoms. The minimum absolute atomic E-state index is 0.0906. The van der Waals surface area contributed by atoms with Crippen LogP contribution < -0.4 is 0 Å².